The Kier molecular flexibility index (Phi) is 2.05. The Morgan fingerprint density at radius 1 is 1.89 bits per heavy atom. The molecule has 0 amide bonds. The lowest BCUT2D eigenvalue weighted by atomic mass is 10.4. The van der Waals surface area contributed by atoms with Crippen molar-refractivity contribution in [3.63, 3.8) is 0 Å². The molecule has 0 atom stereocenters. The van der Waals surface area contributed by atoms with Gasteiger partial charge in [-0.15, -0.1) is 0 Å². The molecule has 9 heavy (non-hydrogen) atoms. The Bertz CT molecular complexity index is 188. The number of rotatable bonds is 2. The fraction of sp³-hybridized carbons (Fsp3) is 0.250. The van der Waals surface area contributed by atoms with Crippen LogP contribution in [0.2, 0.25) is 5.15 Å². The minimum atomic E-state index is 0.315. The Morgan fingerprint density at radius 3 is 3.11 bits per heavy atom. The lowest BCUT2D eigenvalue weighted by molar-refractivity contribution is 0.161. The summed E-state index contributed by atoms with van der Waals surface area (Å²) >= 11 is 5.55. The van der Waals surface area contributed by atoms with Gasteiger partial charge in [-0.2, -0.15) is 5.10 Å². The normalized spacial score (nSPS) is 10.0. The monoisotopic (exact) mass is 147 g/mol. The molecule has 0 radical (unpaired) electrons. The molecule has 0 aliphatic carbocycles. The number of nitrogens with one attached hydrogen (secondary N) is 2. The van der Waals surface area contributed by atoms with Crippen LogP contribution >= 0.6 is 11.6 Å². The van der Waals surface area contributed by atoms with E-state index in [1.807, 2.05) is 5.48 Å². The van der Waals surface area contributed by atoms with E-state index in [1.54, 1.807) is 6.20 Å². The van der Waals surface area contributed by atoms with Gasteiger partial charge in [0.05, 0.1) is 12.7 Å². The molecule has 1 rings (SSSR count). The van der Waals surface area contributed by atoms with Crippen molar-refractivity contribution in [3.05, 3.63) is 16.9 Å². The van der Waals surface area contributed by atoms with Crippen LogP contribution in [-0.4, -0.2) is 15.4 Å². The Labute approximate surface area is 56.8 Å². The van der Waals surface area contributed by atoms with Crippen molar-refractivity contribution in [2.24, 2.45) is 0 Å². The van der Waals surface area contributed by atoms with E-state index >= 15 is 0 Å². The zero-order valence-electron chi connectivity index (χ0n) is 4.56. The summed E-state index contributed by atoms with van der Waals surface area (Å²) in [6.45, 7) is 0.315. The van der Waals surface area contributed by atoms with E-state index in [9.17, 15) is 0 Å². The van der Waals surface area contributed by atoms with Gasteiger partial charge in [-0.25, -0.2) is 5.48 Å². The molecular formula is C4H6ClN3O. The molecule has 0 aromatic carbocycles. The fourth-order valence-corrected chi connectivity index (χ4v) is 0.668. The third-order valence-corrected chi connectivity index (χ3v) is 1.26. The summed E-state index contributed by atoms with van der Waals surface area (Å²) in [5.74, 6) is 0. The molecule has 0 spiro atoms. The summed E-state index contributed by atoms with van der Waals surface area (Å²) in [6.07, 6.45) is 1.55. The van der Waals surface area contributed by atoms with Crippen LogP contribution in [0, 0.1) is 0 Å². The smallest absolute Gasteiger partial charge is 0.128 e. The van der Waals surface area contributed by atoms with E-state index in [0.717, 1.165) is 5.56 Å². The molecule has 50 valence electrons. The third-order valence-electron chi connectivity index (χ3n) is 0.935. The van der Waals surface area contributed by atoms with Crippen LogP contribution in [0.3, 0.4) is 0 Å². The lowest BCUT2D eigenvalue weighted by Gasteiger charge is -1.90. The largest absolute Gasteiger partial charge is 0.316 e. The molecule has 1 aromatic heterocycles. The highest BCUT2D eigenvalue weighted by atomic mass is 35.5. The summed E-state index contributed by atoms with van der Waals surface area (Å²) in [5.41, 5.74) is 2.72. The quantitative estimate of drug-likeness (QED) is 0.536. The van der Waals surface area contributed by atoms with Gasteiger partial charge < -0.3 is 5.21 Å². The van der Waals surface area contributed by atoms with Gasteiger partial charge in [0.2, 0.25) is 0 Å². The second-order valence-corrected chi connectivity index (χ2v) is 1.92. The molecule has 0 unspecified atom stereocenters. The average Bonchev–Trinajstić information content (AvgIpc) is 2.18. The maximum Gasteiger partial charge on any atom is 0.128 e. The first-order valence-electron chi connectivity index (χ1n) is 2.39. The van der Waals surface area contributed by atoms with Gasteiger partial charge in [-0.1, -0.05) is 11.6 Å². The molecule has 1 heterocycles. The van der Waals surface area contributed by atoms with Crippen molar-refractivity contribution in [2.75, 3.05) is 0 Å². The first-order chi connectivity index (χ1) is 4.34. The molecule has 0 saturated carbocycles. The first-order valence-corrected chi connectivity index (χ1v) is 2.77. The van der Waals surface area contributed by atoms with Gasteiger partial charge in [0.15, 0.2) is 0 Å². The third kappa shape index (κ3) is 1.41. The van der Waals surface area contributed by atoms with E-state index in [4.69, 9.17) is 16.8 Å². The zero-order valence-corrected chi connectivity index (χ0v) is 5.31. The number of hydrogen-bond donors (Lipinski definition) is 3. The summed E-state index contributed by atoms with van der Waals surface area (Å²) in [7, 11) is 0. The highest BCUT2D eigenvalue weighted by Crippen LogP contribution is 2.09. The minimum Gasteiger partial charge on any atom is -0.316 e. The van der Waals surface area contributed by atoms with Crippen molar-refractivity contribution in [1.29, 1.82) is 0 Å². The molecular weight excluding hydrogens is 142 g/mol. The maximum absolute atomic E-state index is 8.21. The molecule has 0 saturated heterocycles. The van der Waals surface area contributed by atoms with Crippen molar-refractivity contribution in [1.82, 2.24) is 15.7 Å². The van der Waals surface area contributed by atoms with E-state index in [0.29, 0.717) is 11.7 Å². The molecule has 3 N–H and O–H groups in total. The van der Waals surface area contributed by atoms with Gasteiger partial charge in [-0.3, -0.25) is 5.10 Å². The second kappa shape index (κ2) is 2.82. The van der Waals surface area contributed by atoms with Crippen molar-refractivity contribution in [3.8, 4) is 0 Å². The van der Waals surface area contributed by atoms with E-state index in [1.165, 1.54) is 0 Å². The topological polar surface area (TPSA) is 60.9 Å². The van der Waals surface area contributed by atoms with E-state index in [-0.39, 0.29) is 0 Å². The van der Waals surface area contributed by atoms with Crippen LogP contribution < -0.4 is 5.48 Å². The summed E-state index contributed by atoms with van der Waals surface area (Å²) in [5, 5.41) is 14.8. The van der Waals surface area contributed by atoms with Gasteiger partial charge >= 0.3 is 0 Å². The summed E-state index contributed by atoms with van der Waals surface area (Å²) < 4.78 is 0. The van der Waals surface area contributed by atoms with Gasteiger partial charge in [0.1, 0.15) is 5.15 Å². The standard InChI is InChI=1S/C4H6ClN3O/c5-4-3(2-7-9)1-6-8-4/h1,7,9H,2H2,(H,6,8). The fourth-order valence-electron chi connectivity index (χ4n) is 0.504. The summed E-state index contributed by atoms with van der Waals surface area (Å²) in [4.78, 5) is 0. The predicted molar refractivity (Wildman–Crippen MR) is 32.2 cm³/mol. The average molecular weight is 148 g/mol. The highest BCUT2D eigenvalue weighted by molar-refractivity contribution is 6.30. The molecule has 0 aliphatic heterocycles. The number of H-pyrrole nitrogens is 1. The molecule has 4 nitrogen and oxygen atoms in total. The van der Waals surface area contributed by atoms with Gasteiger partial charge in [0.25, 0.3) is 0 Å². The van der Waals surface area contributed by atoms with Crippen LogP contribution in [0.4, 0.5) is 0 Å². The van der Waals surface area contributed by atoms with Crippen LogP contribution in [0.15, 0.2) is 6.20 Å². The van der Waals surface area contributed by atoms with Gasteiger partial charge in [0, 0.05) is 5.56 Å². The zero-order chi connectivity index (χ0) is 6.69. The van der Waals surface area contributed by atoms with Crippen LogP contribution in [-0.2, 0) is 6.54 Å². The van der Waals surface area contributed by atoms with Gasteiger partial charge in [-0.05, 0) is 0 Å². The van der Waals surface area contributed by atoms with Crippen molar-refractivity contribution in [2.45, 2.75) is 6.54 Å². The molecule has 0 fully saturated rings. The number of aromatic amines is 1. The number of aromatic nitrogens is 2. The van der Waals surface area contributed by atoms with Crippen LogP contribution in [0.25, 0.3) is 0 Å². The minimum absolute atomic E-state index is 0.315. The maximum atomic E-state index is 8.21. The van der Waals surface area contributed by atoms with Crippen LogP contribution in [0.5, 0.6) is 0 Å². The SMILES string of the molecule is ONCc1cn[nH]c1Cl. The number of hydroxylamine groups is 1. The molecule has 1 aromatic rings. The van der Waals surface area contributed by atoms with E-state index in [2.05, 4.69) is 10.2 Å². The molecule has 0 aliphatic rings. The molecule has 0 bridgehead atoms. The Morgan fingerprint density at radius 2 is 2.67 bits per heavy atom. The van der Waals surface area contributed by atoms with Crippen LogP contribution in [0.1, 0.15) is 5.56 Å². The van der Waals surface area contributed by atoms with Crippen molar-refractivity contribution >= 4 is 11.6 Å². The number of hydrogen-bond acceptors (Lipinski definition) is 3. The second-order valence-electron chi connectivity index (χ2n) is 1.54. The number of halogens is 1. The van der Waals surface area contributed by atoms with E-state index < -0.39 is 0 Å². The highest BCUT2D eigenvalue weighted by Gasteiger charge is 1.98. The number of nitrogens with zero attached hydrogens (tertiary/aromatic N) is 1. The Hall–Kier alpha value is -0.580. The predicted octanol–water partition coefficient (Wildman–Crippen LogP) is 0.542. The molecule has 5 heteroatoms. The Balaban J connectivity index is 2.69. The summed E-state index contributed by atoms with van der Waals surface area (Å²) in [6, 6.07) is 0. The lowest BCUT2D eigenvalue weighted by Crippen LogP contribution is -2.05. The van der Waals surface area contributed by atoms with Crippen molar-refractivity contribution < 1.29 is 5.21 Å². The first kappa shape index (κ1) is 6.54.